The van der Waals surface area contributed by atoms with E-state index in [1.165, 1.54) is 10.9 Å². The number of halogens is 3. The second kappa shape index (κ2) is 7.80. The standard InChI is InChI=1S/C21H27F3N6O/c1-11(2)18-20(31)27-17-12(3)25-16(26-19(17)29(18)4)9-13-7-14(8-13)10-30-6-5-15(28-30)21(22,23)24/h5-6,11,13-14,18H,7-10H2,1-4H3,(H,27,31)/t13?,14?,18-/m0/s1. The number of hydrogen-bond acceptors (Lipinski definition) is 5. The van der Waals surface area contributed by atoms with Crippen molar-refractivity contribution < 1.29 is 18.0 Å². The molecule has 168 valence electrons. The number of likely N-dealkylation sites (N-methyl/N-ethyl adjacent to an activating group) is 1. The van der Waals surface area contributed by atoms with Gasteiger partial charge in [0.05, 0.1) is 5.69 Å². The lowest BCUT2D eigenvalue weighted by atomic mass is 9.73. The summed E-state index contributed by atoms with van der Waals surface area (Å²) in [5.74, 6) is 2.28. The van der Waals surface area contributed by atoms with Crippen molar-refractivity contribution in [3.63, 3.8) is 0 Å². The maximum Gasteiger partial charge on any atom is 0.435 e. The molecule has 2 aliphatic rings. The van der Waals surface area contributed by atoms with E-state index in [0.29, 0.717) is 30.5 Å². The van der Waals surface area contributed by atoms with Crippen molar-refractivity contribution >= 4 is 17.4 Å². The van der Waals surface area contributed by atoms with Gasteiger partial charge in [0.1, 0.15) is 17.6 Å². The van der Waals surface area contributed by atoms with E-state index in [9.17, 15) is 18.0 Å². The first-order chi connectivity index (χ1) is 14.5. The number of carbonyl (C=O) groups excluding carboxylic acids is 1. The lowest BCUT2D eigenvalue weighted by Crippen LogP contribution is -2.49. The summed E-state index contributed by atoms with van der Waals surface area (Å²) in [7, 11) is 1.89. The minimum atomic E-state index is -4.41. The molecule has 4 rings (SSSR count). The molecule has 10 heteroatoms. The number of amides is 1. The van der Waals surface area contributed by atoms with E-state index >= 15 is 0 Å². The van der Waals surface area contributed by atoms with Crippen molar-refractivity contribution in [2.75, 3.05) is 17.3 Å². The topological polar surface area (TPSA) is 75.9 Å². The number of anilines is 2. The van der Waals surface area contributed by atoms with Gasteiger partial charge in [0.15, 0.2) is 11.5 Å². The summed E-state index contributed by atoms with van der Waals surface area (Å²) in [4.78, 5) is 23.7. The summed E-state index contributed by atoms with van der Waals surface area (Å²) in [5.41, 5.74) is 0.561. The number of rotatable bonds is 5. The lowest BCUT2D eigenvalue weighted by Gasteiger charge is -2.38. The van der Waals surface area contributed by atoms with E-state index in [2.05, 4.69) is 15.4 Å². The monoisotopic (exact) mass is 436 g/mol. The number of aromatic nitrogens is 4. The Morgan fingerprint density at radius 2 is 1.94 bits per heavy atom. The Hall–Kier alpha value is -2.65. The molecule has 7 nitrogen and oxygen atoms in total. The van der Waals surface area contributed by atoms with Crippen LogP contribution < -0.4 is 10.2 Å². The molecule has 0 unspecified atom stereocenters. The molecule has 1 saturated carbocycles. The lowest BCUT2D eigenvalue weighted by molar-refractivity contribution is -0.141. The summed E-state index contributed by atoms with van der Waals surface area (Å²) in [6.45, 7) is 6.37. The highest BCUT2D eigenvalue weighted by Gasteiger charge is 2.37. The fourth-order valence-electron chi connectivity index (χ4n) is 4.69. The third kappa shape index (κ3) is 4.24. The third-order valence-corrected chi connectivity index (χ3v) is 6.20. The van der Waals surface area contributed by atoms with Gasteiger partial charge in [-0.25, -0.2) is 9.97 Å². The van der Waals surface area contributed by atoms with Crippen molar-refractivity contribution in [3.8, 4) is 0 Å². The molecular weight excluding hydrogens is 409 g/mol. The molecule has 1 fully saturated rings. The Labute approximate surface area is 179 Å². The SMILES string of the molecule is Cc1nc(CC2CC(Cn3ccc(C(F)(F)F)n3)C2)nc2c1NC(=O)[C@H](C(C)C)N2C. The predicted octanol–water partition coefficient (Wildman–Crippen LogP) is 3.68. The summed E-state index contributed by atoms with van der Waals surface area (Å²) in [5, 5.41) is 6.58. The van der Waals surface area contributed by atoms with Gasteiger partial charge in [0.2, 0.25) is 5.91 Å². The Morgan fingerprint density at radius 1 is 1.23 bits per heavy atom. The van der Waals surface area contributed by atoms with Gasteiger partial charge in [0, 0.05) is 26.2 Å². The quantitative estimate of drug-likeness (QED) is 0.774. The Kier molecular flexibility index (Phi) is 5.43. The van der Waals surface area contributed by atoms with Gasteiger partial charge in [-0.1, -0.05) is 13.8 Å². The van der Waals surface area contributed by atoms with Gasteiger partial charge in [-0.3, -0.25) is 9.48 Å². The predicted molar refractivity (Wildman–Crippen MR) is 110 cm³/mol. The van der Waals surface area contributed by atoms with Crippen molar-refractivity contribution in [3.05, 3.63) is 29.5 Å². The van der Waals surface area contributed by atoms with Crippen LogP contribution in [0, 0.1) is 24.7 Å². The van der Waals surface area contributed by atoms with Crippen LogP contribution in [-0.2, 0) is 23.9 Å². The highest BCUT2D eigenvalue weighted by Crippen LogP contribution is 2.39. The molecule has 1 aliphatic carbocycles. The second-order valence-electron chi connectivity index (χ2n) is 9.04. The maximum absolute atomic E-state index is 12.7. The van der Waals surface area contributed by atoms with E-state index in [4.69, 9.17) is 4.98 Å². The van der Waals surface area contributed by atoms with E-state index in [-0.39, 0.29) is 17.9 Å². The number of hydrogen-bond donors (Lipinski definition) is 1. The van der Waals surface area contributed by atoms with Crippen LogP contribution in [0.2, 0.25) is 0 Å². The Bertz CT molecular complexity index is 980. The first-order valence-corrected chi connectivity index (χ1v) is 10.5. The molecule has 0 spiro atoms. The number of alkyl halides is 3. The van der Waals surface area contributed by atoms with Crippen LogP contribution in [-0.4, -0.2) is 38.7 Å². The van der Waals surface area contributed by atoms with Crippen molar-refractivity contribution in [2.24, 2.45) is 17.8 Å². The highest BCUT2D eigenvalue weighted by atomic mass is 19.4. The van der Waals surface area contributed by atoms with Crippen LogP contribution >= 0.6 is 0 Å². The van der Waals surface area contributed by atoms with Gasteiger partial charge in [0.25, 0.3) is 0 Å². The minimum absolute atomic E-state index is 0.0430. The van der Waals surface area contributed by atoms with Crippen molar-refractivity contribution in [1.29, 1.82) is 0 Å². The first kappa shape index (κ1) is 21.6. The van der Waals surface area contributed by atoms with Crippen LogP contribution in [0.5, 0.6) is 0 Å². The third-order valence-electron chi connectivity index (χ3n) is 6.20. The average Bonchev–Trinajstić information content (AvgIpc) is 3.10. The molecule has 0 bridgehead atoms. The van der Waals surface area contributed by atoms with Gasteiger partial charge in [-0.15, -0.1) is 0 Å². The molecule has 2 aromatic rings. The fourth-order valence-corrected chi connectivity index (χ4v) is 4.69. The van der Waals surface area contributed by atoms with Crippen LogP contribution in [0.1, 0.15) is 43.9 Å². The molecule has 1 amide bonds. The summed E-state index contributed by atoms with van der Waals surface area (Å²) >= 11 is 0. The summed E-state index contributed by atoms with van der Waals surface area (Å²) in [6.07, 6.45) is -0.493. The van der Waals surface area contributed by atoms with Crippen molar-refractivity contribution in [1.82, 2.24) is 19.7 Å². The van der Waals surface area contributed by atoms with Crippen LogP contribution in [0.25, 0.3) is 0 Å². The maximum atomic E-state index is 12.7. The molecule has 2 aromatic heterocycles. The Balaban J connectivity index is 1.39. The number of nitrogens with zero attached hydrogens (tertiary/aromatic N) is 5. The van der Waals surface area contributed by atoms with E-state index in [0.717, 1.165) is 36.2 Å². The normalized spacial score (nSPS) is 23.5. The zero-order valence-corrected chi connectivity index (χ0v) is 18.1. The molecule has 31 heavy (non-hydrogen) atoms. The van der Waals surface area contributed by atoms with Crippen LogP contribution in [0.4, 0.5) is 24.7 Å². The molecule has 1 aliphatic heterocycles. The molecule has 0 radical (unpaired) electrons. The minimum Gasteiger partial charge on any atom is -0.346 e. The molecular formula is C21H27F3N6O. The van der Waals surface area contributed by atoms with Crippen LogP contribution in [0.15, 0.2) is 12.3 Å². The second-order valence-corrected chi connectivity index (χ2v) is 9.04. The summed E-state index contributed by atoms with van der Waals surface area (Å²) in [6, 6.07) is 0.734. The molecule has 1 atom stereocenters. The number of carbonyl (C=O) groups is 1. The van der Waals surface area contributed by atoms with E-state index in [1.807, 2.05) is 32.7 Å². The van der Waals surface area contributed by atoms with Gasteiger partial charge >= 0.3 is 6.18 Å². The van der Waals surface area contributed by atoms with E-state index in [1.54, 1.807) is 0 Å². The number of fused-ring (bicyclic) bond motifs is 1. The fraction of sp³-hybridized carbons (Fsp3) is 0.619. The molecule has 3 heterocycles. The van der Waals surface area contributed by atoms with Crippen molar-refractivity contribution in [2.45, 2.75) is 58.8 Å². The number of aryl methyl sites for hydroxylation is 1. The van der Waals surface area contributed by atoms with Gasteiger partial charge in [-0.2, -0.15) is 18.3 Å². The Morgan fingerprint density at radius 3 is 2.55 bits per heavy atom. The molecule has 1 N–H and O–H groups in total. The zero-order valence-electron chi connectivity index (χ0n) is 18.1. The highest BCUT2D eigenvalue weighted by molar-refractivity contribution is 6.03. The largest absolute Gasteiger partial charge is 0.435 e. The smallest absolute Gasteiger partial charge is 0.346 e. The summed E-state index contributed by atoms with van der Waals surface area (Å²) < 4.78 is 39.5. The average molecular weight is 436 g/mol. The van der Waals surface area contributed by atoms with Crippen LogP contribution in [0.3, 0.4) is 0 Å². The van der Waals surface area contributed by atoms with Gasteiger partial charge < -0.3 is 10.2 Å². The zero-order chi connectivity index (χ0) is 22.5. The van der Waals surface area contributed by atoms with Gasteiger partial charge in [-0.05, 0) is 43.6 Å². The van der Waals surface area contributed by atoms with E-state index < -0.39 is 11.9 Å². The first-order valence-electron chi connectivity index (χ1n) is 10.5. The molecule has 0 saturated heterocycles. The molecule has 0 aromatic carbocycles. The number of nitrogens with one attached hydrogen (secondary N) is 1.